The van der Waals surface area contributed by atoms with Crippen LogP contribution >= 0.6 is 0 Å². The van der Waals surface area contributed by atoms with Gasteiger partial charge >= 0.3 is 12.3 Å². The molecule has 0 unspecified atom stereocenters. The van der Waals surface area contributed by atoms with E-state index in [1.807, 2.05) is 19.9 Å². The summed E-state index contributed by atoms with van der Waals surface area (Å²) in [5, 5.41) is 0. The zero-order valence-corrected chi connectivity index (χ0v) is 27.1. The normalized spacial score (nSPS) is 13.6. The summed E-state index contributed by atoms with van der Waals surface area (Å²) in [7, 11) is 3.32. The largest absolute Gasteiger partial charge is 0.488 e. The lowest BCUT2D eigenvalue weighted by Crippen LogP contribution is -2.45. The summed E-state index contributed by atoms with van der Waals surface area (Å²) in [6.45, 7) is 8.11. The van der Waals surface area contributed by atoms with Crippen molar-refractivity contribution in [1.29, 1.82) is 0 Å². The van der Waals surface area contributed by atoms with Crippen molar-refractivity contribution in [3.8, 4) is 11.5 Å². The molecule has 1 atom stereocenters. The van der Waals surface area contributed by atoms with Crippen LogP contribution in [0.25, 0.3) is 0 Å². The molecule has 9 nitrogen and oxygen atoms in total. The van der Waals surface area contributed by atoms with Crippen molar-refractivity contribution in [2.24, 2.45) is 0 Å². The fourth-order valence-electron chi connectivity index (χ4n) is 5.10. The highest BCUT2D eigenvalue weighted by Gasteiger charge is 2.32. The van der Waals surface area contributed by atoms with Crippen LogP contribution in [0.1, 0.15) is 68.9 Å². The maximum Gasteiger partial charge on any atom is 0.422 e. The number of nitrogens with zero attached hydrogens (tertiary/aromatic N) is 3. The molecule has 1 heterocycles. The Kier molecular flexibility index (Phi) is 11.7. The minimum absolute atomic E-state index is 0.0216. The number of hydrogen-bond acceptors (Lipinski definition) is 6. The topological polar surface area (TPSA) is 88.6 Å². The predicted octanol–water partition coefficient (Wildman–Crippen LogP) is 6.27. The Labute approximate surface area is 263 Å². The highest BCUT2D eigenvalue weighted by Crippen LogP contribution is 2.35. The van der Waals surface area contributed by atoms with Gasteiger partial charge in [-0.1, -0.05) is 25.1 Å². The van der Waals surface area contributed by atoms with Gasteiger partial charge in [0.05, 0.1) is 17.8 Å². The highest BCUT2D eigenvalue weighted by atomic mass is 19.4. The Morgan fingerprint density at radius 1 is 1.02 bits per heavy atom. The van der Waals surface area contributed by atoms with Crippen LogP contribution in [-0.4, -0.2) is 85.9 Å². The third-order valence-electron chi connectivity index (χ3n) is 7.05. The summed E-state index contributed by atoms with van der Waals surface area (Å²) in [4.78, 5) is 44.2. The second-order valence-electron chi connectivity index (χ2n) is 12.3. The molecule has 0 radical (unpaired) electrons. The van der Waals surface area contributed by atoms with Gasteiger partial charge in [0.1, 0.15) is 12.2 Å². The van der Waals surface area contributed by atoms with Gasteiger partial charge in [0, 0.05) is 33.1 Å². The maximum absolute atomic E-state index is 13.3. The fourth-order valence-corrected chi connectivity index (χ4v) is 5.10. The van der Waals surface area contributed by atoms with E-state index in [2.05, 4.69) is 0 Å². The number of ether oxygens (including phenoxy) is 3. The summed E-state index contributed by atoms with van der Waals surface area (Å²) in [5.74, 6) is -0.187. The minimum Gasteiger partial charge on any atom is -0.488 e. The first-order chi connectivity index (χ1) is 21.0. The quantitative estimate of drug-likeness (QED) is 0.274. The zero-order valence-electron chi connectivity index (χ0n) is 27.1. The van der Waals surface area contributed by atoms with Gasteiger partial charge in [-0.25, -0.2) is 4.79 Å². The number of fused-ring (bicyclic) bond motifs is 1. The van der Waals surface area contributed by atoms with Crippen LogP contribution in [0.3, 0.4) is 0 Å². The van der Waals surface area contributed by atoms with E-state index in [-0.39, 0.29) is 36.5 Å². The maximum atomic E-state index is 13.3. The summed E-state index contributed by atoms with van der Waals surface area (Å²) in [6.07, 6.45) is -3.02. The molecule has 0 aromatic heterocycles. The lowest BCUT2D eigenvalue weighted by atomic mass is 9.97. The number of rotatable bonds is 12. The Morgan fingerprint density at radius 3 is 2.24 bits per heavy atom. The molecule has 1 aliphatic rings. The summed E-state index contributed by atoms with van der Waals surface area (Å²) in [6, 6.07) is 9.38. The first-order valence-electron chi connectivity index (χ1n) is 15.1. The Balaban J connectivity index is 1.85. The molecule has 0 bridgehead atoms. The number of amides is 3. The van der Waals surface area contributed by atoms with Crippen LogP contribution in [0, 0.1) is 0 Å². The van der Waals surface area contributed by atoms with Crippen molar-refractivity contribution in [3.05, 3.63) is 53.1 Å². The van der Waals surface area contributed by atoms with E-state index in [1.54, 1.807) is 58.0 Å². The Bertz CT molecular complexity index is 1360. The molecule has 3 amide bonds. The van der Waals surface area contributed by atoms with Gasteiger partial charge in [-0.05, 0) is 76.3 Å². The number of carbonyl (C=O) groups excluding carboxylic acids is 3. The van der Waals surface area contributed by atoms with E-state index in [1.165, 1.54) is 21.9 Å². The smallest absolute Gasteiger partial charge is 0.422 e. The Morgan fingerprint density at radius 2 is 1.67 bits per heavy atom. The number of hydrogen-bond donors (Lipinski definition) is 0. The molecule has 3 rings (SSSR count). The summed E-state index contributed by atoms with van der Waals surface area (Å²) in [5.41, 5.74) is 2.02. The van der Waals surface area contributed by atoms with Gasteiger partial charge in [0.25, 0.3) is 5.91 Å². The molecule has 0 aliphatic carbocycles. The molecular formula is C33H44F3N3O6. The molecule has 2 aromatic carbocycles. The van der Waals surface area contributed by atoms with Crippen LogP contribution in [-0.2, 0) is 22.4 Å². The van der Waals surface area contributed by atoms with Crippen LogP contribution in [0.4, 0.5) is 23.7 Å². The first kappa shape index (κ1) is 35.5. The van der Waals surface area contributed by atoms with Crippen LogP contribution in [0.5, 0.6) is 11.5 Å². The number of para-hydroxylation sites is 2. The van der Waals surface area contributed by atoms with Crippen molar-refractivity contribution in [2.45, 2.75) is 78.1 Å². The lowest BCUT2D eigenvalue weighted by molar-refractivity contribution is -0.153. The predicted molar refractivity (Wildman–Crippen MR) is 165 cm³/mol. The first-order valence-corrected chi connectivity index (χ1v) is 15.1. The summed E-state index contributed by atoms with van der Waals surface area (Å²) >= 11 is 0. The fraction of sp³-hybridized carbons (Fsp3) is 0.545. The van der Waals surface area contributed by atoms with Gasteiger partial charge in [0.2, 0.25) is 5.91 Å². The number of carbonyl (C=O) groups is 3. The molecule has 0 saturated heterocycles. The number of halogens is 3. The van der Waals surface area contributed by atoms with E-state index < -0.39 is 30.5 Å². The molecule has 0 fully saturated rings. The molecule has 0 N–H and O–H groups in total. The van der Waals surface area contributed by atoms with E-state index in [0.717, 1.165) is 11.1 Å². The molecule has 248 valence electrons. The second-order valence-corrected chi connectivity index (χ2v) is 12.3. The van der Waals surface area contributed by atoms with Gasteiger partial charge in [-0.3, -0.25) is 9.59 Å². The van der Waals surface area contributed by atoms with Gasteiger partial charge in [0.15, 0.2) is 18.1 Å². The molecular weight excluding hydrogens is 591 g/mol. The standard InChI is InChI=1S/C33H44F3N3O6/c1-8-11-28(40)39-15-14-24-19-23(20-25(29(24)39)30(41)37(6)7)18-22(2)38(31(42)45-32(3,4)5)16-17-43-26-12-9-10-13-27(26)44-21-33(34,35)36/h9-10,12-13,19-20,22H,8,11,14-18,21H2,1-7H3/t22-/m1/s1. The Hall–Kier alpha value is -3.96. The lowest BCUT2D eigenvalue weighted by Gasteiger charge is -2.32. The molecule has 2 aromatic rings. The third-order valence-corrected chi connectivity index (χ3v) is 7.05. The highest BCUT2D eigenvalue weighted by molar-refractivity contribution is 6.06. The average molecular weight is 636 g/mol. The van der Waals surface area contributed by atoms with Crippen LogP contribution < -0.4 is 14.4 Å². The van der Waals surface area contributed by atoms with Crippen molar-refractivity contribution in [2.75, 3.05) is 45.3 Å². The van der Waals surface area contributed by atoms with E-state index >= 15 is 0 Å². The van der Waals surface area contributed by atoms with Crippen molar-refractivity contribution in [1.82, 2.24) is 9.80 Å². The van der Waals surface area contributed by atoms with E-state index in [9.17, 15) is 27.6 Å². The number of anilines is 1. The molecule has 0 spiro atoms. The van der Waals surface area contributed by atoms with E-state index in [0.29, 0.717) is 43.5 Å². The van der Waals surface area contributed by atoms with Crippen LogP contribution in [0.15, 0.2) is 36.4 Å². The SMILES string of the molecule is CCCC(=O)N1CCc2cc(C[C@@H](C)N(CCOc3ccccc3OCC(F)(F)F)C(=O)OC(C)(C)C)cc(C(=O)N(C)C)c21. The molecule has 45 heavy (non-hydrogen) atoms. The molecule has 1 aliphatic heterocycles. The van der Waals surface area contributed by atoms with Gasteiger partial charge < -0.3 is 28.9 Å². The zero-order chi connectivity index (χ0) is 33.5. The second kappa shape index (κ2) is 14.9. The third kappa shape index (κ3) is 10.0. The summed E-state index contributed by atoms with van der Waals surface area (Å²) < 4.78 is 54.5. The molecule has 12 heteroatoms. The number of alkyl halides is 3. The monoisotopic (exact) mass is 635 g/mol. The van der Waals surface area contributed by atoms with Crippen LogP contribution in [0.2, 0.25) is 0 Å². The number of benzene rings is 2. The van der Waals surface area contributed by atoms with Gasteiger partial charge in [-0.2, -0.15) is 13.2 Å². The average Bonchev–Trinajstić information content (AvgIpc) is 3.36. The molecule has 0 saturated carbocycles. The van der Waals surface area contributed by atoms with Crippen molar-refractivity contribution >= 4 is 23.6 Å². The van der Waals surface area contributed by atoms with Crippen molar-refractivity contribution < 1.29 is 41.8 Å². The van der Waals surface area contributed by atoms with E-state index in [4.69, 9.17) is 14.2 Å². The van der Waals surface area contributed by atoms with Gasteiger partial charge in [-0.15, -0.1) is 0 Å². The van der Waals surface area contributed by atoms with Crippen molar-refractivity contribution in [3.63, 3.8) is 0 Å². The minimum atomic E-state index is -4.51.